The van der Waals surface area contributed by atoms with Crippen molar-refractivity contribution in [2.24, 2.45) is 0 Å². The Morgan fingerprint density at radius 2 is 1.64 bits per heavy atom. The summed E-state index contributed by atoms with van der Waals surface area (Å²) in [6, 6.07) is 15.1. The summed E-state index contributed by atoms with van der Waals surface area (Å²) in [4.78, 5) is 29.2. The van der Waals surface area contributed by atoms with Gasteiger partial charge in [-0.1, -0.05) is 59.9 Å². The van der Waals surface area contributed by atoms with Gasteiger partial charge in [0.2, 0.25) is 0 Å². The maximum atomic E-state index is 13.0. The highest BCUT2D eigenvalue weighted by molar-refractivity contribution is 8.27. The molecule has 0 aromatic heterocycles. The van der Waals surface area contributed by atoms with E-state index in [9.17, 15) is 9.59 Å². The number of para-hydroxylation sites is 1. The number of fused-ring (bicyclic) bond motifs is 1. The van der Waals surface area contributed by atoms with Gasteiger partial charge in [0.25, 0.3) is 11.8 Å². The van der Waals surface area contributed by atoms with E-state index in [1.807, 2.05) is 55.5 Å². The van der Waals surface area contributed by atoms with Gasteiger partial charge in [-0.3, -0.25) is 14.5 Å². The van der Waals surface area contributed by atoms with Crippen LogP contribution in [0.25, 0.3) is 5.57 Å². The first-order valence-corrected chi connectivity index (χ1v) is 8.96. The molecule has 4 rings (SSSR count). The molecule has 2 aliphatic rings. The highest BCUT2D eigenvalue weighted by Crippen LogP contribution is 2.44. The molecule has 2 aliphatic heterocycles. The van der Waals surface area contributed by atoms with Crippen LogP contribution in [0.4, 0.5) is 11.4 Å². The van der Waals surface area contributed by atoms with Crippen molar-refractivity contribution in [1.82, 2.24) is 0 Å². The maximum absolute atomic E-state index is 13.0. The minimum Gasteiger partial charge on any atom is -0.311 e. The van der Waals surface area contributed by atoms with Crippen molar-refractivity contribution in [1.29, 1.82) is 0 Å². The van der Waals surface area contributed by atoms with E-state index in [0.717, 1.165) is 22.5 Å². The lowest BCUT2D eigenvalue weighted by atomic mass is 10.1. The van der Waals surface area contributed by atoms with Crippen molar-refractivity contribution in [3.63, 3.8) is 0 Å². The first kappa shape index (κ1) is 16.1. The average Bonchev–Trinajstić information content (AvgIpc) is 3.03. The van der Waals surface area contributed by atoms with Crippen LogP contribution >= 0.6 is 24.0 Å². The standard InChI is InChI=1S/C19H14N2O2S2/c1-11-7-9-12(10-8-11)21-18(23)16(25-19(21)24)15-13-5-3-4-6-14(13)20(2)17(15)22/h3-10H,1-2H3/b16-15-. The van der Waals surface area contributed by atoms with E-state index < -0.39 is 0 Å². The Morgan fingerprint density at radius 1 is 0.960 bits per heavy atom. The summed E-state index contributed by atoms with van der Waals surface area (Å²) >= 11 is 6.61. The number of carbonyl (C=O) groups is 2. The van der Waals surface area contributed by atoms with Gasteiger partial charge >= 0.3 is 0 Å². The lowest BCUT2D eigenvalue weighted by Gasteiger charge is -2.14. The fourth-order valence-electron chi connectivity index (χ4n) is 3.02. The van der Waals surface area contributed by atoms with Crippen LogP contribution in [0.3, 0.4) is 0 Å². The smallest absolute Gasteiger partial charge is 0.271 e. The van der Waals surface area contributed by atoms with Gasteiger partial charge in [0.05, 0.1) is 21.9 Å². The van der Waals surface area contributed by atoms with Crippen LogP contribution in [-0.4, -0.2) is 23.2 Å². The normalized spacial score (nSPS) is 19.8. The van der Waals surface area contributed by atoms with Gasteiger partial charge in [0.1, 0.15) is 0 Å². The van der Waals surface area contributed by atoms with Crippen LogP contribution in [0.15, 0.2) is 53.4 Å². The third-order valence-corrected chi connectivity index (χ3v) is 5.71. The van der Waals surface area contributed by atoms with Gasteiger partial charge in [-0.25, -0.2) is 0 Å². The van der Waals surface area contributed by atoms with Crippen LogP contribution < -0.4 is 9.80 Å². The number of benzene rings is 2. The zero-order valence-electron chi connectivity index (χ0n) is 13.6. The topological polar surface area (TPSA) is 40.6 Å². The van der Waals surface area contributed by atoms with E-state index in [4.69, 9.17) is 12.2 Å². The fourth-order valence-corrected chi connectivity index (χ4v) is 4.40. The number of amides is 2. The number of nitrogens with zero attached hydrogens (tertiary/aromatic N) is 2. The Labute approximate surface area is 155 Å². The molecule has 2 aromatic carbocycles. The number of thiocarbonyl (C=S) groups is 1. The van der Waals surface area contributed by atoms with Crippen molar-refractivity contribution in [3.8, 4) is 0 Å². The van der Waals surface area contributed by atoms with Crippen LogP contribution in [0.1, 0.15) is 11.1 Å². The first-order chi connectivity index (χ1) is 12.0. The number of hydrogen-bond acceptors (Lipinski definition) is 4. The first-order valence-electron chi connectivity index (χ1n) is 7.73. The zero-order chi connectivity index (χ0) is 17.7. The lowest BCUT2D eigenvalue weighted by Crippen LogP contribution is -2.28. The van der Waals surface area contributed by atoms with Gasteiger partial charge in [-0.05, 0) is 25.1 Å². The molecular formula is C19H14N2O2S2. The number of hydrogen-bond donors (Lipinski definition) is 0. The van der Waals surface area contributed by atoms with Crippen molar-refractivity contribution in [2.45, 2.75) is 6.92 Å². The van der Waals surface area contributed by atoms with Crippen LogP contribution in [-0.2, 0) is 9.59 Å². The summed E-state index contributed by atoms with van der Waals surface area (Å²) in [5.74, 6) is -0.419. The molecule has 0 spiro atoms. The highest BCUT2D eigenvalue weighted by Gasteiger charge is 2.41. The minimum absolute atomic E-state index is 0.175. The lowest BCUT2D eigenvalue weighted by molar-refractivity contribution is -0.115. The summed E-state index contributed by atoms with van der Waals surface area (Å²) in [5.41, 5.74) is 3.84. The molecule has 6 heteroatoms. The van der Waals surface area contributed by atoms with Gasteiger partial charge in [0, 0.05) is 12.6 Å². The van der Waals surface area contributed by atoms with Gasteiger partial charge in [-0.15, -0.1) is 0 Å². The number of aryl methyl sites for hydroxylation is 1. The quantitative estimate of drug-likeness (QED) is 0.569. The van der Waals surface area contributed by atoms with E-state index in [1.54, 1.807) is 11.9 Å². The monoisotopic (exact) mass is 366 g/mol. The molecule has 0 atom stereocenters. The van der Waals surface area contributed by atoms with E-state index in [1.165, 1.54) is 16.7 Å². The van der Waals surface area contributed by atoms with E-state index in [2.05, 4.69) is 0 Å². The highest BCUT2D eigenvalue weighted by atomic mass is 32.2. The predicted octanol–water partition coefficient (Wildman–Crippen LogP) is 3.75. The number of thioether (sulfide) groups is 1. The summed E-state index contributed by atoms with van der Waals surface area (Å²) in [6.45, 7) is 1.99. The number of rotatable bonds is 1. The van der Waals surface area contributed by atoms with Crippen LogP contribution in [0.5, 0.6) is 0 Å². The molecule has 0 unspecified atom stereocenters. The maximum Gasteiger partial charge on any atom is 0.271 e. The molecule has 1 fully saturated rings. The second-order valence-corrected chi connectivity index (χ2v) is 7.57. The van der Waals surface area contributed by atoms with Gasteiger partial charge in [-0.2, -0.15) is 0 Å². The third kappa shape index (κ3) is 2.41. The molecule has 0 saturated carbocycles. The third-order valence-electron chi connectivity index (χ3n) is 4.34. The second-order valence-electron chi connectivity index (χ2n) is 5.93. The Balaban J connectivity index is 1.84. The number of carbonyl (C=O) groups excluding carboxylic acids is 2. The molecule has 0 aliphatic carbocycles. The zero-order valence-corrected chi connectivity index (χ0v) is 15.3. The van der Waals surface area contributed by atoms with E-state index in [0.29, 0.717) is 14.8 Å². The van der Waals surface area contributed by atoms with Crippen LogP contribution in [0, 0.1) is 6.92 Å². The van der Waals surface area contributed by atoms with Gasteiger partial charge < -0.3 is 4.90 Å². The molecule has 0 bridgehead atoms. The minimum atomic E-state index is -0.243. The summed E-state index contributed by atoms with van der Waals surface area (Å²) in [5, 5.41) is 0. The Bertz CT molecular complexity index is 964. The Hall–Kier alpha value is -2.44. The predicted molar refractivity (Wildman–Crippen MR) is 106 cm³/mol. The molecular weight excluding hydrogens is 352 g/mol. The molecule has 124 valence electrons. The van der Waals surface area contributed by atoms with E-state index >= 15 is 0 Å². The number of anilines is 2. The van der Waals surface area contributed by atoms with Crippen LogP contribution in [0.2, 0.25) is 0 Å². The molecule has 0 N–H and O–H groups in total. The average molecular weight is 366 g/mol. The Kier molecular flexibility index (Phi) is 3.74. The molecule has 25 heavy (non-hydrogen) atoms. The van der Waals surface area contributed by atoms with Crippen molar-refractivity contribution >= 4 is 57.1 Å². The molecule has 4 nitrogen and oxygen atoms in total. The van der Waals surface area contributed by atoms with E-state index in [-0.39, 0.29) is 11.8 Å². The summed E-state index contributed by atoms with van der Waals surface area (Å²) < 4.78 is 0.441. The number of likely N-dealkylation sites (N-methyl/N-ethyl adjacent to an activating group) is 1. The molecule has 2 amide bonds. The second kappa shape index (κ2) is 5.82. The fraction of sp³-hybridized carbons (Fsp3) is 0.105. The molecule has 2 heterocycles. The Morgan fingerprint density at radius 3 is 2.36 bits per heavy atom. The molecule has 1 saturated heterocycles. The van der Waals surface area contributed by atoms with Gasteiger partial charge in [0.15, 0.2) is 4.32 Å². The van der Waals surface area contributed by atoms with Crippen molar-refractivity contribution < 1.29 is 9.59 Å². The summed E-state index contributed by atoms with van der Waals surface area (Å²) in [7, 11) is 1.72. The molecule has 0 radical (unpaired) electrons. The van der Waals surface area contributed by atoms with Crippen molar-refractivity contribution in [2.75, 3.05) is 16.8 Å². The van der Waals surface area contributed by atoms with Crippen molar-refractivity contribution in [3.05, 3.63) is 64.6 Å². The molecule has 2 aromatic rings. The summed E-state index contributed by atoms with van der Waals surface area (Å²) in [6.07, 6.45) is 0. The largest absolute Gasteiger partial charge is 0.311 e. The SMILES string of the molecule is Cc1ccc(N2C(=O)/C(=C3/C(=O)N(C)c4ccccc43)SC2=S)cc1.